The molecule has 0 N–H and O–H groups in total. The van der Waals surface area contributed by atoms with Crippen molar-refractivity contribution in [3.05, 3.63) is 28.2 Å². The molecule has 1 aromatic rings. The Morgan fingerprint density at radius 2 is 1.95 bits per heavy atom. The maximum absolute atomic E-state index is 5.83. The molecule has 2 rings (SSSR count). The molecule has 0 aliphatic carbocycles. The molecule has 118 valence electrons. The Hall–Kier alpha value is -0.620. The Morgan fingerprint density at radius 3 is 2.52 bits per heavy atom. The van der Waals surface area contributed by atoms with Gasteiger partial charge in [0.25, 0.3) is 0 Å². The van der Waals surface area contributed by atoms with Crippen molar-refractivity contribution >= 4 is 21.6 Å². The van der Waals surface area contributed by atoms with Crippen molar-refractivity contribution in [2.75, 3.05) is 32.3 Å². The van der Waals surface area contributed by atoms with E-state index in [4.69, 9.17) is 9.47 Å². The molecule has 0 saturated carbocycles. The van der Waals surface area contributed by atoms with Crippen molar-refractivity contribution < 1.29 is 9.47 Å². The molecule has 1 aliphatic rings. The van der Waals surface area contributed by atoms with E-state index < -0.39 is 0 Å². The van der Waals surface area contributed by atoms with Crippen molar-refractivity contribution in [3.8, 4) is 0 Å². The van der Waals surface area contributed by atoms with Crippen LogP contribution in [-0.2, 0) is 9.47 Å². The first-order valence-electron chi connectivity index (χ1n) is 7.39. The number of rotatable bonds is 4. The SMILES string of the molecule is COC(C)c1cccc(Br)c1N(C)N1C[C@@H](C)O[C@@H](C)C1. The highest BCUT2D eigenvalue weighted by molar-refractivity contribution is 9.10. The minimum atomic E-state index is 0.0517. The van der Waals surface area contributed by atoms with Gasteiger partial charge in [-0.25, -0.2) is 5.01 Å². The van der Waals surface area contributed by atoms with Crippen LogP contribution in [0, 0.1) is 0 Å². The van der Waals surface area contributed by atoms with Gasteiger partial charge in [0.15, 0.2) is 0 Å². The summed E-state index contributed by atoms with van der Waals surface area (Å²) in [5, 5.41) is 4.56. The van der Waals surface area contributed by atoms with E-state index in [0.717, 1.165) is 23.2 Å². The molecule has 1 aromatic carbocycles. The van der Waals surface area contributed by atoms with Gasteiger partial charge in [-0.3, -0.25) is 0 Å². The van der Waals surface area contributed by atoms with Gasteiger partial charge in [0.1, 0.15) is 0 Å². The summed E-state index contributed by atoms with van der Waals surface area (Å²) in [6.07, 6.45) is 0.528. The molecule has 1 aliphatic heterocycles. The van der Waals surface area contributed by atoms with Crippen molar-refractivity contribution in [1.82, 2.24) is 5.01 Å². The fourth-order valence-electron chi connectivity index (χ4n) is 2.87. The normalized spacial score (nSPS) is 24.9. The first-order chi connectivity index (χ1) is 9.93. The predicted molar refractivity (Wildman–Crippen MR) is 89.6 cm³/mol. The van der Waals surface area contributed by atoms with E-state index in [1.807, 2.05) is 0 Å². The van der Waals surface area contributed by atoms with Crippen LogP contribution in [0.4, 0.5) is 5.69 Å². The standard InChI is InChI=1S/C16H25BrN2O2/c1-11-9-19(10-12(2)21-11)18(4)16-14(13(3)20-5)7-6-8-15(16)17/h6-8,11-13H,9-10H2,1-5H3/t11-,12+,13?. The van der Waals surface area contributed by atoms with E-state index in [1.54, 1.807) is 7.11 Å². The van der Waals surface area contributed by atoms with Crippen LogP contribution in [-0.4, -0.2) is 44.5 Å². The molecule has 0 amide bonds. The van der Waals surface area contributed by atoms with Gasteiger partial charge in [-0.05, 0) is 42.8 Å². The summed E-state index contributed by atoms with van der Waals surface area (Å²) in [5.74, 6) is 0. The number of hydrogen-bond acceptors (Lipinski definition) is 4. The van der Waals surface area contributed by atoms with Crippen molar-refractivity contribution in [2.45, 2.75) is 39.1 Å². The van der Waals surface area contributed by atoms with Crippen LogP contribution in [0.3, 0.4) is 0 Å². The fourth-order valence-corrected chi connectivity index (χ4v) is 3.50. The van der Waals surface area contributed by atoms with E-state index >= 15 is 0 Å². The predicted octanol–water partition coefficient (Wildman–Crippen LogP) is 3.62. The number of hydrazine groups is 1. The van der Waals surface area contributed by atoms with Crippen LogP contribution in [0.15, 0.2) is 22.7 Å². The number of anilines is 1. The van der Waals surface area contributed by atoms with Crippen molar-refractivity contribution in [1.29, 1.82) is 0 Å². The van der Waals surface area contributed by atoms with Gasteiger partial charge in [-0.15, -0.1) is 0 Å². The average molecular weight is 357 g/mol. The zero-order valence-corrected chi connectivity index (χ0v) is 15.1. The van der Waals surface area contributed by atoms with Crippen LogP contribution in [0.2, 0.25) is 0 Å². The largest absolute Gasteiger partial charge is 0.377 e. The van der Waals surface area contributed by atoms with Gasteiger partial charge in [-0.2, -0.15) is 0 Å². The van der Waals surface area contributed by atoms with Gasteiger partial charge < -0.3 is 14.5 Å². The maximum Gasteiger partial charge on any atom is 0.0813 e. The number of ether oxygens (including phenoxy) is 2. The lowest BCUT2D eigenvalue weighted by Crippen LogP contribution is -2.53. The van der Waals surface area contributed by atoms with E-state index in [1.165, 1.54) is 5.56 Å². The summed E-state index contributed by atoms with van der Waals surface area (Å²) in [5.41, 5.74) is 2.34. The van der Waals surface area contributed by atoms with Crippen LogP contribution in [0.5, 0.6) is 0 Å². The summed E-state index contributed by atoms with van der Waals surface area (Å²) >= 11 is 3.69. The summed E-state index contributed by atoms with van der Waals surface area (Å²) in [4.78, 5) is 0. The zero-order valence-electron chi connectivity index (χ0n) is 13.5. The third-order valence-corrected chi connectivity index (χ3v) is 4.60. The second kappa shape index (κ2) is 7.09. The molecule has 0 aromatic heterocycles. The summed E-state index contributed by atoms with van der Waals surface area (Å²) in [6.45, 7) is 8.10. The van der Waals surface area contributed by atoms with Crippen molar-refractivity contribution in [3.63, 3.8) is 0 Å². The van der Waals surface area contributed by atoms with Gasteiger partial charge >= 0.3 is 0 Å². The van der Waals surface area contributed by atoms with Crippen LogP contribution in [0.25, 0.3) is 0 Å². The Labute approximate surface area is 136 Å². The molecule has 0 bridgehead atoms. The fraction of sp³-hybridized carbons (Fsp3) is 0.625. The first-order valence-corrected chi connectivity index (χ1v) is 8.18. The molecular weight excluding hydrogens is 332 g/mol. The molecule has 1 saturated heterocycles. The van der Waals surface area contributed by atoms with E-state index in [9.17, 15) is 0 Å². The highest BCUT2D eigenvalue weighted by atomic mass is 79.9. The molecule has 1 fully saturated rings. The Bertz CT molecular complexity index is 473. The molecule has 1 heterocycles. The van der Waals surface area contributed by atoms with Gasteiger partial charge in [-0.1, -0.05) is 12.1 Å². The third kappa shape index (κ3) is 3.77. The zero-order chi connectivity index (χ0) is 15.6. The average Bonchev–Trinajstić information content (AvgIpc) is 2.44. The first kappa shape index (κ1) is 16.7. The second-order valence-corrected chi connectivity index (χ2v) is 6.56. The molecular formula is C16H25BrN2O2. The minimum Gasteiger partial charge on any atom is -0.377 e. The highest BCUT2D eigenvalue weighted by Gasteiger charge is 2.27. The number of methoxy groups -OCH3 is 1. The van der Waals surface area contributed by atoms with Crippen LogP contribution >= 0.6 is 15.9 Å². The lowest BCUT2D eigenvalue weighted by Gasteiger charge is -2.42. The number of nitrogens with zero attached hydrogens (tertiary/aromatic N) is 2. The Balaban J connectivity index is 2.31. The van der Waals surface area contributed by atoms with Gasteiger partial charge in [0, 0.05) is 37.3 Å². The summed E-state index contributed by atoms with van der Waals surface area (Å²) in [6, 6.07) is 6.25. The van der Waals surface area contributed by atoms with E-state index in [-0.39, 0.29) is 18.3 Å². The topological polar surface area (TPSA) is 24.9 Å². The molecule has 0 spiro atoms. The Morgan fingerprint density at radius 1 is 1.33 bits per heavy atom. The number of hydrogen-bond donors (Lipinski definition) is 0. The number of morpholine rings is 1. The molecule has 3 atom stereocenters. The monoisotopic (exact) mass is 356 g/mol. The van der Waals surface area contributed by atoms with E-state index in [2.05, 4.69) is 72.0 Å². The van der Waals surface area contributed by atoms with Gasteiger partial charge in [0.2, 0.25) is 0 Å². The third-order valence-electron chi connectivity index (χ3n) is 3.96. The molecule has 21 heavy (non-hydrogen) atoms. The lowest BCUT2D eigenvalue weighted by atomic mass is 10.1. The summed E-state index contributed by atoms with van der Waals surface area (Å²) in [7, 11) is 3.85. The highest BCUT2D eigenvalue weighted by Crippen LogP contribution is 2.35. The number of para-hydroxylation sites is 1. The van der Waals surface area contributed by atoms with Crippen molar-refractivity contribution in [2.24, 2.45) is 0 Å². The second-order valence-electron chi connectivity index (χ2n) is 5.71. The lowest BCUT2D eigenvalue weighted by molar-refractivity contribution is -0.0701. The molecule has 1 unspecified atom stereocenters. The number of halogens is 1. The Kier molecular flexibility index (Phi) is 5.66. The molecule has 4 nitrogen and oxygen atoms in total. The minimum absolute atomic E-state index is 0.0517. The van der Waals surface area contributed by atoms with E-state index in [0.29, 0.717) is 0 Å². The quantitative estimate of drug-likeness (QED) is 0.822. The summed E-state index contributed by atoms with van der Waals surface area (Å²) < 4.78 is 12.4. The molecule has 0 radical (unpaired) electrons. The van der Waals surface area contributed by atoms with Crippen LogP contribution in [0.1, 0.15) is 32.4 Å². The van der Waals surface area contributed by atoms with Crippen LogP contribution < -0.4 is 5.01 Å². The number of benzene rings is 1. The molecule has 5 heteroatoms. The van der Waals surface area contributed by atoms with Gasteiger partial charge in [0.05, 0.1) is 24.0 Å². The smallest absolute Gasteiger partial charge is 0.0813 e. The maximum atomic E-state index is 5.83.